The van der Waals surface area contributed by atoms with Crippen molar-refractivity contribution in [1.82, 2.24) is 14.8 Å². The van der Waals surface area contributed by atoms with E-state index in [1.807, 2.05) is 42.7 Å². The van der Waals surface area contributed by atoms with E-state index < -0.39 is 5.91 Å². The van der Waals surface area contributed by atoms with Gasteiger partial charge in [-0.25, -0.2) is 0 Å². The molecule has 3 aromatic rings. The Morgan fingerprint density at radius 3 is 2.59 bits per heavy atom. The van der Waals surface area contributed by atoms with Gasteiger partial charge in [-0.2, -0.15) is 0 Å². The molecule has 1 aromatic carbocycles. The van der Waals surface area contributed by atoms with Crippen LogP contribution in [0, 0.1) is 0 Å². The lowest BCUT2D eigenvalue weighted by Gasteiger charge is -2.14. The Bertz CT molecular complexity index is 1010. The first kappa shape index (κ1) is 20.9. The molecule has 0 aliphatic heterocycles. The lowest BCUT2D eigenvalue weighted by molar-refractivity contribution is -0.113. The molecule has 29 heavy (non-hydrogen) atoms. The first-order valence-electron chi connectivity index (χ1n) is 8.80. The zero-order valence-electron chi connectivity index (χ0n) is 16.2. The monoisotopic (exact) mass is 431 g/mol. The number of anilines is 1. The van der Waals surface area contributed by atoms with E-state index >= 15 is 0 Å². The first-order chi connectivity index (χ1) is 13.9. The molecule has 2 aromatic heterocycles. The summed E-state index contributed by atoms with van der Waals surface area (Å²) in [6.45, 7) is 4.07. The van der Waals surface area contributed by atoms with E-state index in [1.165, 1.54) is 23.1 Å². The molecule has 0 saturated heterocycles. The van der Waals surface area contributed by atoms with Crippen molar-refractivity contribution in [2.45, 2.75) is 25.0 Å². The van der Waals surface area contributed by atoms with Crippen LogP contribution in [0.3, 0.4) is 0 Å². The molecule has 0 saturated carbocycles. The number of carbonyl (C=O) groups is 2. The number of rotatable bonds is 8. The number of ether oxygens (including phenoxy) is 1. The van der Waals surface area contributed by atoms with Crippen molar-refractivity contribution in [2.24, 2.45) is 5.73 Å². The van der Waals surface area contributed by atoms with Crippen LogP contribution in [-0.4, -0.2) is 39.4 Å². The van der Waals surface area contributed by atoms with Crippen LogP contribution in [0.15, 0.2) is 40.9 Å². The second-order valence-corrected chi connectivity index (χ2v) is 8.22. The van der Waals surface area contributed by atoms with E-state index in [9.17, 15) is 9.59 Å². The van der Waals surface area contributed by atoms with Crippen LogP contribution < -0.4 is 15.8 Å². The van der Waals surface area contributed by atoms with Gasteiger partial charge >= 0.3 is 0 Å². The predicted octanol–water partition coefficient (Wildman–Crippen LogP) is 3.43. The highest BCUT2D eigenvalue weighted by atomic mass is 32.2. The Morgan fingerprint density at radius 2 is 1.97 bits per heavy atom. The van der Waals surface area contributed by atoms with E-state index in [-0.39, 0.29) is 17.7 Å². The number of methoxy groups -OCH3 is 1. The number of amides is 2. The molecule has 0 unspecified atom stereocenters. The van der Waals surface area contributed by atoms with Crippen molar-refractivity contribution < 1.29 is 14.3 Å². The molecule has 0 aliphatic carbocycles. The van der Waals surface area contributed by atoms with Gasteiger partial charge in [-0.3, -0.25) is 14.2 Å². The number of benzene rings is 1. The number of hydrogen-bond donors (Lipinski definition) is 2. The Hall–Kier alpha value is -2.85. The number of thioether (sulfide) groups is 1. The van der Waals surface area contributed by atoms with Gasteiger partial charge in [0.15, 0.2) is 11.0 Å². The molecule has 10 heteroatoms. The topological polar surface area (TPSA) is 112 Å². The van der Waals surface area contributed by atoms with Crippen LogP contribution in [0.5, 0.6) is 5.75 Å². The molecule has 0 atom stereocenters. The maximum Gasteiger partial charge on any atom is 0.251 e. The van der Waals surface area contributed by atoms with E-state index in [2.05, 4.69) is 15.5 Å². The van der Waals surface area contributed by atoms with Gasteiger partial charge in [-0.1, -0.05) is 11.8 Å². The zero-order valence-corrected chi connectivity index (χ0v) is 17.8. The third-order valence-corrected chi connectivity index (χ3v) is 5.82. The predicted molar refractivity (Wildman–Crippen MR) is 115 cm³/mol. The molecule has 0 fully saturated rings. The summed E-state index contributed by atoms with van der Waals surface area (Å²) in [5, 5.41) is 14.1. The molecule has 0 spiro atoms. The van der Waals surface area contributed by atoms with Gasteiger partial charge in [-0.05, 0) is 49.6 Å². The fourth-order valence-corrected chi connectivity index (χ4v) is 4.35. The van der Waals surface area contributed by atoms with Gasteiger partial charge in [0, 0.05) is 11.6 Å². The number of nitrogens with zero attached hydrogens (tertiary/aromatic N) is 3. The standard InChI is InChI=1S/C19H21N5O3S2/c1-11(2)24-17(12-4-6-13(27-3)7-5-12)22-23-19(24)29-10-15(25)21-18-14(16(20)26)8-9-28-18/h4-9,11H,10H2,1-3H3,(H2,20,26)(H,21,25). The van der Waals surface area contributed by atoms with Gasteiger partial charge in [0.1, 0.15) is 10.8 Å². The Balaban J connectivity index is 1.73. The average Bonchev–Trinajstić information content (AvgIpc) is 3.33. The van der Waals surface area contributed by atoms with Gasteiger partial charge in [0.25, 0.3) is 5.91 Å². The van der Waals surface area contributed by atoms with Crippen molar-refractivity contribution in [3.63, 3.8) is 0 Å². The molecule has 0 bridgehead atoms. The van der Waals surface area contributed by atoms with Crippen molar-refractivity contribution in [2.75, 3.05) is 18.2 Å². The number of nitrogens with two attached hydrogens (primary N) is 1. The molecule has 3 rings (SSSR count). The molecule has 2 amide bonds. The largest absolute Gasteiger partial charge is 0.497 e. The summed E-state index contributed by atoms with van der Waals surface area (Å²) < 4.78 is 7.19. The van der Waals surface area contributed by atoms with Crippen LogP contribution in [0.1, 0.15) is 30.2 Å². The highest BCUT2D eigenvalue weighted by molar-refractivity contribution is 7.99. The van der Waals surface area contributed by atoms with Crippen LogP contribution in [0.25, 0.3) is 11.4 Å². The smallest absolute Gasteiger partial charge is 0.251 e. The highest BCUT2D eigenvalue weighted by Crippen LogP contribution is 2.29. The lowest BCUT2D eigenvalue weighted by Crippen LogP contribution is -2.18. The minimum Gasteiger partial charge on any atom is -0.497 e. The third-order valence-electron chi connectivity index (χ3n) is 4.05. The molecule has 152 valence electrons. The molecule has 2 heterocycles. The fraction of sp³-hybridized carbons (Fsp3) is 0.263. The van der Waals surface area contributed by atoms with Gasteiger partial charge in [0.05, 0.1) is 18.4 Å². The van der Waals surface area contributed by atoms with Crippen molar-refractivity contribution >= 4 is 39.9 Å². The van der Waals surface area contributed by atoms with E-state index in [0.717, 1.165) is 17.1 Å². The average molecular weight is 432 g/mol. The fourth-order valence-electron chi connectivity index (χ4n) is 2.67. The van der Waals surface area contributed by atoms with Crippen LogP contribution in [0.2, 0.25) is 0 Å². The summed E-state index contributed by atoms with van der Waals surface area (Å²) in [7, 11) is 1.62. The van der Waals surface area contributed by atoms with Crippen LogP contribution in [-0.2, 0) is 4.79 Å². The van der Waals surface area contributed by atoms with E-state index in [1.54, 1.807) is 18.6 Å². The quantitative estimate of drug-likeness (QED) is 0.529. The van der Waals surface area contributed by atoms with Gasteiger partial charge < -0.3 is 15.8 Å². The summed E-state index contributed by atoms with van der Waals surface area (Å²) in [6.07, 6.45) is 0. The second kappa shape index (κ2) is 9.10. The Labute approximate surface area is 176 Å². The second-order valence-electron chi connectivity index (χ2n) is 6.36. The van der Waals surface area contributed by atoms with E-state index in [0.29, 0.717) is 15.7 Å². The minimum atomic E-state index is -0.571. The number of primary amides is 1. The zero-order chi connectivity index (χ0) is 21.0. The summed E-state index contributed by atoms with van der Waals surface area (Å²) in [4.78, 5) is 23.7. The molecule has 0 radical (unpaired) electrons. The maximum atomic E-state index is 12.3. The SMILES string of the molecule is COc1ccc(-c2nnc(SCC(=O)Nc3sccc3C(N)=O)n2C(C)C)cc1. The third kappa shape index (κ3) is 4.77. The van der Waals surface area contributed by atoms with Crippen LogP contribution >= 0.6 is 23.1 Å². The summed E-state index contributed by atoms with van der Waals surface area (Å²) >= 11 is 2.54. The van der Waals surface area contributed by atoms with Crippen LogP contribution in [0.4, 0.5) is 5.00 Å². The van der Waals surface area contributed by atoms with Gasteiger partial charge in [-0.15, -0.1) is 21.5 Å². The maximum absolute atomic E-state index is 12.3. The van der Waals surface area contributed by atoms with E-state index in [4.69, 9.17) is 10.5 Å². The summed E-state index contributed by atoms with van der Waals surface area (Å²) in [6, 6.07) is 9.27. The minimum absolute atomic E-state index is 0.103. The number of aromatic nitrogens is 3. The number of nitrogens with one attached hydrogen (secondary N) is 1. The lowest BCUT2D eigenvalue weighted by atomic mass is 10.2. The Kier molecular flexibility index (Phi) is 6.55. The van der Waals surface area contributed by atoms with Crippen molar-refractivity contribution in [3.8, 4) is 17.1 Å². The molecule has 0 aliphatic rings. The van der Waals surface area contributed by atoms with Gasteiger partial charge in [0.2, 0.25) is 5.91 Å². The number of carbonyl (C=O) groups excluding carboxylic acids is 2. The molecule has 8 nitrogen and oxygen atoms in total. The summed E-state index contributed by atoms with van der Waals surface area (Å²) in [5.41, 5.74) is 6.53. The van der Waals surface area contributed by atoms with Crippen molar-refractivity contribution in [1.29, 1.82) is 0 Å². The molecular formula is C19H21N5O3S2. The van der Waals surface area contributed by atoms with Crippen molar-refractivity contribution in [3.05, 3.63) is 41.3 Å². The molecular weight excluding hydrogens is 410 g/mol. The Morgan fingerprint density at radius 1 is 1.24 bits per heavy atom. The summed E-state index contributed by atoms with van der Waals surface area (Å²) in [5.74, 6) is 0.797. The molecule has 3 N–H and O–H groups in total. The normalized spacial score (nSPS) is 10.9. The first-order valence-corrected chi connectivity index (χ1v) is 10.7. The number of hydrogen-bond acceptors (Lipinski definition) is 7. The number of thiophene rings is 1. The highest BCUT2D eigenvalue weighted by Gasteiger charge is 2.19.